The number of rotatable bonds is 8. The number of nitrogens with one attached hydrogen (secondary N) is 1. The first-order valence-corrected chi connectivity index (χ1v) is 10.5. The Morgan fingerprint density at radius 2 is 1.80 bits per heavy atom. The number of aromatic nitrogens is 2. The molecule has 6 nitrogen and oxygen atoms in total. The van der Waals surface area contributed by atoms with Crippen LogP contribution in [-0.4, -0.2) is 28.9 Å². The Morgan fingerprint density at radius 1 is 1.03 bits per heavy atom. The minimum absolute atomic E-state index is 0.153. The van der Waals surface area contributed by atoms with Crippen LogP contribution in [0.1, 0.15) is 47.6 Å². The third-order valence-corrected chi connectivity index (χ3v) is 5.24. The second kappa shape index (κ2) is 9.03. The molecule has 0 aliphatic heterocycles. The molecule has 1 heterocycles. The van der Waals surface area contributed by atoms with Crippen LogP contribution in [0.2, 0.25) is 0 Å². The van der Waals surface area contributed by atoms with Crippen molar-refractivity contribution in [1.82, 2.24) is 15.1 Å². The molecule has 0 radical (unpaired) electrons. The van der Waals surface area contributed by atoms with Crippen LogP contribution in [0.25, 0.3) is 5.69 Å². The number of carbonyl (C=O) groups excluding carboxylic acids is 1. The molecular weight excluding hydrogens is 378 g/mol. The number of fused-ring (bicyclic) bond motifs is 1. The van der Waals surface area contributed by atoms with Gasteiger partial charge in [-0.1, -0.05) is 18.2 Å². The molecule has 0 unspecified atom stereocenters. The van der Waals surface area contributed by atoms with E-state index in [-0.39, 0.29) is 5.91 Å². The van der Waals surface area contributed by atoms with E-state index in [9.17, 15) is 4.79 Å². The Bertz CT molecular complexity index is 1030. The van der Waals surface area contributed by atoms with E-state index >= 15 is 0 Å². The number of para-hydroxylation sites is 1. The van der Waals surface area contributed by atoms with Gasteiger partial charge in [0, 0.05) is 11.3 Å². The monoisotopic (exact) mass is 405 g/mol. The molecule has 0 atom stereocenters. The second-order valence-electron chi connectivity index (χ2n) is 7.18. The highest BCUT2D eigenvalue weighted by Crippen LogP contribution is 2.29. The van der Waals surface area contributed by atoms with Crippen molar-refractivity contribution >= 4 is 5.91 Å². The molecule has 1 N–H and O–H groups in total. The van der Waals surface area contributed by atoms with Crippen LogP contribution in [0.3, 0.4) is 0 Å². The normalized spacial score (nSPS) is 12.5. The van der Waals surface area contributed by atoms with Crippen LogP contribution in [0.4, 0.5) is 0 Å². The molecule has 6 heteroatoms. The van der Waals surface area contributed by atoms with Gasteiger partial charge in [0.25, 0.3) is 5.91 Å². The van der Waals surface area contributed by atoms with Crippen molar-refractivity contribution in [3.63, 3.8) is 0 Å². The largest absolute Gasteiger partial charge is 0.490 e. The number of hydrogen-bond acceptors (Lipinski definition) is 4. The fourth-order valence-corrected chi connectivity index (χ4v) is 3.90. The van der Waals surface area contributed by atoms with Gasteiger partial charge >= 0.3 is 0 Å². The third-order valence-electron chi connectivity index (χ3n) is 5.24. The highest BCUT2D eigenvalue weighted by molar-refractivity contribution is 5.94. The Balaban J connectivity index is 1.51. The molecular formula is C24H27N3O3. The summed E-state index contributed by atoms with van der Waals surface area (Å²) in [4.78, 5) is 12.8. The van der Waals surface area contributed by atoms with E-state index in [0.29, 0.717) is 36.8 Å². The maximum Gasteiger partial charge on any atom is 0.251 e. The molecule has 0 saturated carbocycles. The smallest absolute Gasteiger partial charge is 0.251 e. The van der Waals surface area contributed by atoms with E-state index in [1.807, 2.05) is 36.7 Å². The molecule has 3 aromatic rings. The van der Waals surface area contributed by atoms with Crippen LogP contribution >= 0.6 is 0 Å². The molecule has 0 spiro atoms. The van der Waals surface area contributed by atoms with Gasteiger partial charge < -0.3 is 14.8 Å². The summed E-state index contributed by atoms with van der Waals surface area (Å²) >= 11 is 0. The molecule has 1 amide bonds. The van der Waals surface area contributed by atoms with Gasteiger partial charge in [0.15, 0.2) is 11.5 Å². The average Bonchev–Trinajstić information content (AvgIpc) is 3.37. The maximum absolute atomic E-state index is 12.8. The highest BCUT2D eigenvalue weighted by Gasteiger charge is 2.23. The summed E-state index contributed by atoms with van der Waals surface area (Å²) < 4.78 is 13.2. The maximum atomic E-state index is 12.8. The number of benzene rings is 2. The van der Waals surface area contributed by atoms with Crippen molar-refractivity contribution in [3.8, 4) is 17.2 Å². The number of amides is 1. The summed E-state index contributed by atoms with van der Waals surface area (Å²) in [5.41, 5.74) is 5.06. The van der Waals surface area contributed by atoms with Crippen LogP contribution in [0.15, 0.2) is 48.5 Å². The van der Waals surface area contributed by atoms with E-state index in [2.05, 4.69) is 17.4 Å². The van der Waals surface area contributed by atoms with Gasteiger partial charge in [-0.05, 0) is 69.0 Å². The van der Waals surface area contributed by atoms with Gasteiger partial charge in [-0.3, -0.25) is 4.79 Å². The zero-order chi connectivity index (χ0) is 20.9. The molecule has 30 heavy (non-hydrogen) atoms. The van der Waals surface area contributed by atoms with Gasteiger partial charge in [-0.2, -0.15) is 5.10 Å². The van der Waals surface area contributed by atoms with E-state index < -0.39 is 0 Å². The molecule has 1 aliphatic rings. The lowest BCUT2D eigenvalue weighted by Gasteiger charge is -2.12. The summed E-state index contributed by atoms with van der Waals surface area (Å²) in [6.45, 7) is 5.28. The number of nitrogens with zero attached hydrogens (tertiary/aromatic N) is 2. The Hall–Kier alpha value is -3.28. The SMILES string of the molecule is CCOc1ccc(C(=O)NCc2nn(-c3ccccc3)c3c2CCC3)cc1OCC. The summed E-state index contributed by atoms with van der Waals surface area (Å²) in [5.74, 6) is 1.08. The predicted octanol–water partition coefficient (Wildman–Crippen LogP) is 4.09. The van der Waals surface area contributed by atoms with Gasteiger partial charge in [-0.25, -0.2) is 4.68 Å². The Morgan fingerprint density at radius 3 is 2.57 bits per heavy atom. The molecule has 0 fully saturated rings. The summed E-state index contributed by atoms with van der Waals surface area (Å²) in [6, 6.07) is 15.4. The third kappa shape index (κ3) is 4.03. The molecule has 1 aromatic heterocycles. The van der Waals surface area contributed by atoms with E-state index in [0.717, 1.165) is 30.6 Å². The molecule has 2 aromatic carbocycles. The molecule has 156 valence electrons. The zero-order valence-electron chi connectivity index (χ0n) is 17.5. The van der Waals surface area contributed by atoms with Crippen LogP contribution < -0.4 is 14.8 Å². The molecule has 0 saturated heterocycles. The fourth-order valence-electron chi connectivity index (χ4n) is 3.90. The highest BCUT2D eigenvalue weighted by atomic mass is 16.5. The molecule has 1 aliphatic carbocycles. The first-order valence-electron chi connectivity index (χ1n) is 10.5. The van der Waals surface area contributed by atoms with E-state index in [1.165, 1.54) is 11.3 Å². The van der Waals surface area contributed by atoms with Gasteiger partial charge in [0.05, 0.1) is 31.1 Å². The summed E-state index contributed by atoms with van der Waals surface area (Å²) in [7, 11) is 0. The number of hydrogen-bond donors (Lipinski definition) is 1. The average molecular weight is 405 g/mol. The minimum atomic E-state index is -0.153. The Kier molecular flexibility index (Phi) is 6.02. The van der Waals surface area contributed by atoms with E-state index in [4.69, 9.17) is 14.6 Å². The topological polar surface area (TPSA) is 65.4 Å². The van der Waals surface area contributed by atoms with Gasteiger partial charge in [0.1, 0.15) is 0 Å². The standard InChI is InChI=1S/C24H27N3O3/c1-3-29-22-14-13-17(15-23(22)30-4-2)24(28)25-16-20-19-11-8-12-21(19)27(26-20)18-9-6-5-7-10-18/h5-7,9-10,13-15H,3-4,8,11-12,16H2,1-2H3,(H,25,28). The predicted molar refractivity (Wildman–Crippen MR) is 116 cm³/mol. The first kappa shape index (κ1) is 20.0. The fraction of sp³-hybridized carbons (Fsp3) is 0.333. The number of carbonyl (C=O) groups is 1. The van der Waals surface area contributed by atoms with Crippen molar-refractivity contribution in [2.45, 2.75) is 39.7 Å². The Labute approximate surface area is 176 Å². The lowest BCUT2D eigenvalue weighted by atomic mass is 10.1. The summed E-state index contributed by atoms with van der Waals surface area (Å²) in [5, 5.41) is 7.83. The van der Waals surface area contributed by atoms with Crippen molar-refractivity contribution in [2.75, 3.05) is 13.2 Å². The zero-order valence-corrected chi connectivity index (χ0v) is 17.5. The number of ether oxygens (including phenoxy) is 2. The van der Waals surface area contributed by atoms with Crippen molar-refractivity contribution < 1.29 is 14.3 Å². The van der Waals surface area contributed by atoms with Crippen LogP contribution in [-0.2, 0) is 19.4 Å². The minimum Gasteiger partial charge on any atom is -0.490 e. The second-order valence-corrected chi connectivity index (χ2v) is 7.18. The lowest BCUT2D eigenvalue weighted by molar-refractivity contribution is 0.0949. The first-order chi connectivity index (χ1) is 14.7. The van der Waals surface area contributed by atoms with Crippen LogP contribution in [0.5, 0.6) is 11.5 Å². The molecule has 0 bridgehead atoms. The van der Waals surface area contributed by atoms with Crippen molar-refractivity contribution in [3.05, 3.63) is 71.0 Å². The van der Waals surface area contributed by atoms with Crippen molar-refractivity contribution in [1.29, 1.82) is 0 Å². The van der Waals surface area contributed by atoms with Gasteiger partial charge in [-0.15, -0.1) is 0 Å². The van der Waals surface area contributed by atoms with E-state index in [1.54, 1.807) is 18.2 Å². The van der Waals surface area contributed by atoms with Crippen molar-refractivity contribution in [2.24, 2.45) is 0 Å². The quantitative estimate of drug-likeness (QED) is 0.613. The summed E-state index contributed by atoms with van der Waals surface area (Å²) in [6.07, 6.45) is 3.14. The molecule has 4 rings (SSSR count). The lowest BCUT2D eigenvalue weighted by Crippen LogP contribution is -2.23. The van der Waals surface area contributed by atoms with Gasteiger partial charge in [0.2, 0.25) is 0 Å². The van der Waals surface area contributed by atoms with Crippen LogP contribution in [0, 0.1) is 0 Å².